The van der Waals surface area contributed by atoms with Crippen LogP contribution < -0.4 is 9.47 Å². The summed E-state index contributed by atoms with van der Waals surface area (Å²) in [6.07, 6.45) is 2.00. The van der Waals surface area contributed by atoms with Gasteiger partial charge in [-0.2, -0.15) is 0 Å². The molecule has 0 saturated carbocycles. The van der Waals surface area contributed by atoms with Crippen LogP contribution in [-0.4, -0.2) is 31.9 Å². The number of aryl methyl sites for hydroxylation is 1. The van der Waals surface area contributed by atoms with Gasteiger partial charge in [-0.05, 0) is 60.5 Å². The van der Waals surface area contributed by atoms with Crippen molar-refractivity contribution in [2.45, 2.75) is 12.8 Å². The summed E-state index contributed by atoms with van der Waals surface area (Å²) >= 11 is 0. The number of hydrogen-bond acceptors (Lipinski definition) is 5. The smallest absolute Gasteiger partial charge is 0.311 e. The van der Waals surface area contributed by atoms with Crippen molar-refractivity contribution in [2.75, 3.05) is 6.79 Å². The highest BCUT2D eigenvalue weighted by atomic mass is 16.7. The zero-order chi connectivity index (χ0) is 22.1. The lowest BCUT2D eigenvalue weighted by molar-refractivity contribution is -0.134. The average Bonchev–Trinajstić information content (AvgIpc) is 3.47. The lowest BCUT2D eigenvalue weighted by atomic mass is 10.1. The molecular weight excluding hydrogens is 410 g/mol. The number of carbonyl (C=O) groups is 1. The molecule has 0 spiro atoms. The summed E-state index contributed by atoms with van der Waals surface area (Å²) in [6.45, 7) is 3.50. The number of nitrogens with zero attached hydrogens (tertiary/aromatic N) is 3. The molecule has 1 N–H and O–H groups in total. The van der Waals surface area contributed by atoms with Crippen molar-refractivity contribution in [3.8, 4) is 22.9 Å². The normalized spacial score (nSPS) is 11.2. The molecule has 8 heteroatoms. The third-order valence-corrected chi connectivity index (χ3v) is 5.16. The van der Waals surface area contributed by atoms with Crippen molar-refractivity contribution in [3.05, 3.63) is 85.1 Å². The number of rotatable bonds is 9. The first-order valence-electron chi connectivity index (χ1n) is 10.1. The highest BCUT2D eigenvalue weighted by molar-refractivity contribution is 5.79. The van der Waals surface area contributed by atoms with E-state index in [9.17, 15) is 9.90 Å². The maximum absolute atomic E-state index is 12.3. The van der Waals surface area contributed by atoms with Gasteiger partial charge in [0.2, 0.25) is 6.79 Å². The molecule has 5 rings (SSSR count). The first kappa shape index (κ1) is 19.6. The standard InChI is InChI=1S/C24H21N3O5/c1-2-30-16-31-18-9-11-19(12-10-18)32-24(29)14-8-17-7-13-23(28)22(15-17)27-25-20-5-3-4-6-21(20)26(25)27/h2-7,9-13,15,28H,1,8,14,16H2. The molecule has 0 aliphatic heterocycles. The van der Waals surface area contributed by atoms with Gasteiger partial charge in [0.1, 0.15) is 34.0 Å². The molecule has 0 aliphatic rings. The minimum absolute atomic E-state index is 0.0658. The van der Waals surface area contributed by atoms with Crippen LogP contribution in [0, 0.1) is 0 Å². The summed E-state index contributed by atoms with van der Waals surface area (Å²) in [7, 11) is 0. The maximum Gasteiger partial charge on any atom is 0.311 e. The fourth-order valence-electron chi connectivity index (χ4n) is 3.56. The van der Waals surface area contributed by atoms with Gasteiger partial charge in [-0.15, -0.1) is 14.1 Å². The Bertz CT molecular complexity index is 1330. The number of esters is 1. The van der Waals surface area contributed by atoms with E-state index < -0.39 is 0 Å². The first-order chi connectivity index (χ1) is 15.7. The topological polar surface area (TPSA) is 78.7 Å². The van der Waals surface area contributed by atoms with Crippen LogP contribution in [0.3, 0.4) is 0 Å². The van der Waals surface area contributed by atoms with E-state index in [1.165, 1.54) is 6.26 Å². The Morgan fingerprint density at radius 3 is 2.34 bits per heavy atom. The maximum atomic E-state index is 12.3. The van der Waals surface area contributed by atoms with Gasteiger partial charge < -0.3 is 19.3 Å². The van der Waals surface area contributed by atoms with Gasteiger partial charge in [0.05, 0.1) is 6.26 Å². The summed E-state index contributed by atoms with van der Waals surface area (Å²) in [5.74, 6) is 0.880. The van der Waals surface area contributed by atoms with Crippen LogP contribution in [0.25, 0.3) is 16.7 Å². The SMILES string of the molecule is C=COCOc1ccc(OC(=O)CCc2ccc(O)c(-n3n4c5ccccc5n34)c2)cc1. The van der Waals surface area contributed by atoms with Crippen molar-refractivity contribution >= 4 is 17.0 Å². The van der Waals surface area contributed by atoms with Gasteiger partial charge in [-0.3, -0.25) is 4.79 Å². The number of fused-ring (bicyclic) bond motifs is 4. The van der Waals surface area contributed by atoms with E-state index in [0.717, 1.165) is 16.6 Å². The lowest BCUT2D eigenvalue weighted by Gasteiger charge is -2.08. The molecule has 3 aromatic carbocycles. The van der Waals surface area contributed by atoms with Crippen LogP contribution in [0.15, 0.2) is 79.6 Å². The predicted octanol–water partition coefficient (Wildman–Crippen LogP) is 4.16. The van der Waals surface area contributed by atoms with Crippen molar-refractivity contribution in [2.24, 2.45) is 0 Å². The molecule has 0 atom stereocenters. The van der Waals surface area contributed by atoms with Crippen molar-refractivity contribution in [3.63, 3.8) is 0 Å². The summed E-state index contributed by atoms with van der Waals surface area (Å²) in [5, 5.41) is 10.3. The number of carbonyl (C=O) groups excluding carboxylic acids is 1. The van der Waals surface area contributed by atoms with Crippen LogP contribution in [-0.2, 0) is 16.0 Å². The van der Waals surface area contributed by atoms with E-state index in [1.54, 1.807) is 30.3 Å². The van der Waals surface area contributed by atoms with Gasteiger partial charge in [0, 0.05) is 6.42 Å². The number of hydrogen-bond donors (Lipinski definition) is 1. The molecule has 0 amide bonds. The zero-order valence-electron chi connectivity index (χ0n) is 17.2. The Balaban J connectivity index is 1.20. The highest BCUT2D eigenvalue weighted by Gasteiger charge is 2.25. The third kappa shape index (κ3) is 3.62. The number of ether oxygens (including phenoxy) is 3. The Labute approximate surface area is 183 Å². The van der Waals surface area contributed by atoms with Gasteiger partial charge >= 0.3 is 5.97 Å². The quantitative estimate of drug-likeness (QED) is 0.125. The minimum Gasteiger partial charge on any atom is -0.506 e. The van der Waals surface area contributed by atoms with Crippen LogP contribution in [0.5, 0.6) is 17.2 Å². The van der Waals surface area contributed by atoms with Crippen LogP contribution in [0.4, 0.5) is 0 Å². The fraction of sp³-hybridized carbons (Fsp3) is 0.125. The highest BCUT2D eigenvalue weighted by Crippen LogP contribution is 2.31. The molecule has 0 radical (unpaired) electrons. The lowest BCUT2D eigenvalue weighted by Crippen LogP contribution is -2.09. The molecule has 5 aromatic rings. The Hall–Kier alpha value is -4.33. The first-order valence-corrected chi connectivity index (χ1v) is 10.1. The summed E-state index contributed by atoms with van der Waals surface area (Å²) < 4.78 is 19.6. The summed E-state index contributed by atoms with van der Waals surface area (Å²) in [4.78, 5) is 14.2. The molecule has 0 bridgehead atoms. The molecule has 0 saturated heterocycles. The van der Waals surface area contributed by atoms with E-state index in [1.807, 2.05) is 50.5 Å². The number of phenols is 1. The number of phenolic OH excluding ortho intramolecular Hbond substituents is 1. The van der Waals surface area contributed by atoms with Crippen molar-refractivity contribution < 1.29 is 24.1 Å². The van der Waals surface area contributed by atoms with E-state index in [2.05, 4.69) is 6.58 Å². The van der Waals surface area contributed by atoms with E-state index >= 15 is 0 Å². The van der Waals surface area contributed by atoms with E-state index in [4.69, 9.17) is 14.2 Å². The largest absolute Gasteiger partial charge is 0.506 e. The molecule has 32 heavy (non-hydrogen) atoms. The second-order valence-electron chi connectivity index (χ2n) is 7.22. The molecule has 2 aromatic heterocycles. The summed E-state index contributed by atoms with van der Waals surface area (Å²) in [6, 6.07) is 20.1. The molecular formula is C24H21N3O5. The van der Waals surface area contributed by atoms with Gasteiger partial charge in [-0.25, -0.2) is 0 Å². The Morgan fingerprint density at radius 2 is 1.66 bits per heavy atom. The molecule has 162 valence electrons. The van der Waals surface area contributed by atoms with E-state index in [-0.39, 0.29) is 24.9 Å². The monoisotopic (exact) mass is 431 g/mol. The number of aromatic nitrogens is 3. The second kappa shape index (κ2) is 8.07. The molecule has 2 heterocycles. The number of para-hydroxylation sites is 2. The third-order valence-electron chi connectivity index (χ3n) is 5.16. The number of benzene rings is 3. The molecule has 0 fully saturated rings. The van der Waals surface area contributed by atoms with Crippen molar-refractivity contribution in [1.82, 2.24) is 14.1 Å². The van der Waals surface area contributed by atoms with Crippen LogP contribution in [0.1, 0.15) is 12.0 Å². The summed E-state index contributed by atoms with van der Waals surface area (Å²) in [5.41, 5.74) is 3.78. The van der Waals surface area contributed by atoms with E-state index in [0.29, 0.717) is 23.6 Å². The minimum atomic E-state index is -0.338. The Morgan fingerprint density at radius 1 is 0.969 bits per heavy atom. The number of aromatic hydroxyl groups is 1. The Kier molecular flexibility index (Phi) is 4.95. The fourth-order valence-corrected chi connectivity index (χ4v) is 3.56. The zero-order valence-corrected chi connectivity index (χ0v) is 17.2. The van der Waals surface area contributed by atoms with Crippen molar-refractivity contribution in [1.29, 1.82) is 0 Å². The van der Waals surface area contributed by atoms with Crippen LogP contribution in [0.2, 0.25) is 0 Å². The van der Waals surface area contributed by atoms with Crippen LogP contribution >= 0.6 is 0 Å². The average molecular weight is 431 g/mol. The molecule has 0 unspecified atom stereocenters. The second-order valence-corrected chi connectivity index (χ2v) is 7.22. The predicted molar refractivity (Wildman–Crippen MR) is 118 cm³/mol. The molecule has 8 nitrogen and oxygen atoms in total. The van der Waals surface area contributed by atoms with Gasteiger partial charge in [0.15, 0.2) is 0 Å². The molecule has 0 aliphatic carbocycles. The van der Waals surface area contributed by atoms with Gasteiger partial charge in [0.25, 0.3) is 0 Å². The van der Waals surface area contributed by atoms with Gasteiger partial charge in [-0.1, -0.05) is 24.8 Å².